The van der Waals surface area contributed by atoms with Crippen molar-refractivity contribution in [1.82, 2.24) is 20.0 Å². The quantitative estimate of drug-likeness (QED) is 0.772. The summed E-state index contributed by atoms with van der Waals surface area (Å²) < 4.78 is 0. The monoisotopic (exact) mass is 338 g/mol. The zero-order chi connectivity index (χ0) is 17.5. The molecule has 1 N–H and O–H groups in total. The van der Waals surface area contributed by atoms with E-state index in [1.165, 1.54) is 0 Å². The van der Waals surface area contributed by atoms with Crippen molar-refractivity contribution in [3.8, 4) is 0 Å². The molecule has 2 aliphatic rings. The van der Waals surface area contributed by atoms with Crippen LogP contribution in [0, 0.1) is 11.8 Å². The third-order valence-corrected chi connectivity index (χ3v) is 5.44. The van der Waals surface area contributed by atoms with Gasteiger partial charge in [-0.15, -0.1) is 0 Å². The van der Waals surface area contributed by atoms with Crippen molar-refractivity contribution in [3.63, 3.8) is 0 Å². The van der Waals surface area contributed by atoms with Crippen LogP contribution in [-0.2, 0) is 9.59 Å². The lowest BCUT2D eigenvalue weighted by Gasteiger charge is -2.37. The van der Waals surface area contributed by atoms with E-state index in [4.69, 9.17) is 0 Å². The molecule has 0 aromatic rings. The maximum absolute atomic E-state index is 12.7. The predicted octanol–water partition coefficient (Wildman–Crippen LogP) is 0.635. The van der Waals surface area contributed by atoms with Crippen LogP contribution < -0.4 is 5.32 Å². The number of amides is 2. The highest BCUT2D eigenvalue weighted by molar-refractivity contribution is 5.81. The molecule has 1 aliphatic heterocycles. The second kappa shape index (κ2) is 9.37. The van der Waals surface area contributed by atoms with Gasteiger partial charge in [-0.25, -0.2) is 0 Å². The molecule has 24 heavy (non-hydrogen) atoms. The average Bonchev–Trinajstić information content (AvgIpc) is 2.61. The number of hydrogen-bond donors (Lipinski definition) is 1. The maximum atomic E-state index is 12.7. The Morgan fingerprint density at radius 1 is 1.00 bits per heavy atom. The molecule has 2 fully saturated rings. The highest BCUT2D eigenvalue weighted by Gasteiger charge is 2.32. The van der Waals surface area contributed by atoms with E-state index in [1.54, 1.807) is 0 Å². The Kier molecular flexibility index (Phi) is 7.49. The van der Waals surface area contributed by atoms with Crippen LogP contribution in [0.15, 0.2) is 0 Å². The van der Waals surface area contributed by atoms with Gasteiger partial charge in [-0.2, -0.15) is 0 Å². The molecule has 0 aromatic heterocycles. The summed E-state index contributed by atoms with van der Waals surface area (Å²) in [5.41, 5.74) is 0. The Morgan fingerprint density at radius 3 is 2.12 bits per heavy atom. The van der Waals surface area contributed by atoms with Crippen LogP contribution in [-0.4, -0.2) is 86.4 Å². The second-order valence-electron chi connectivity index (χ2n) is 7.40. The molecule has 1 heterocycles. The van der Waals surface area contributed by atoms with Crippen molar-refractivity contribution in [3.05, 3.63) is 0 Å². The summed E-state index contributed by atoms with van der Waals surface area (Å²) in [6, 6.07) is 0. The van der Waals surface area contributed by atoms with Crippen molar-refractivity contribution in [2.24, 2.45) is 11.8 Å². The predicted molar refractivity (Wildman–Crippen MR) is 95.7 cm³/mol. The molecule has 0 radical (unpaired) electrons. The van der Waals surface area contributed by atoms with E-state index in [0.717, 1.165) is 65.0 Å². The van der Waals surface area contributed by atoms with Gasteiger partial charge < -0.3 is 20.0 Å². The molecule has 0 bridgehead atoms. The van der Waals surface area contributed by atoms with Crippen LogP contribution >= 0.6 is 0 Å². The minimum atomic E-state index is 0.0909. The minimum Gasteiger partial charge on any atom is -0.355 e. The molecule has 1 saturated carbocycles. The molecule has 2 rings (SSSR count). The van der Waals surface area contributed by atoms with Gasteiger partial charge in [0, 0.05) is 51.1 Å². The fraction of sp³-hybridized carbons (Fsp3) is 0.889. The van der Waals surface area contributed by atoms with Crippen molar-refractivity contribution in [2.75, 3.05) is 59.9 Å². The van der Waals surface area contributed by atoms with Crippen LogP contribution in [0.1, 0.15) is 32.6 Å². The number of hydrogen-bond acceptors (Lipinski definition) is 4. The highest BCUT2D eigenvalue weighted by Crippen LogP contribution is 2.30. The van der Waals surface area contributed by atoms with Crippen molar-refractivity contribution < 1.29 is 9.59 Å². The fourth-order valence-corrected chi connectivity index (χ4v) is 3.69. The molecule has 1 aliphatic carbocycles. The molecular formula is C18H34N4O2. The molecule has 0 spiro atoms. The highest BCUT2D eigenvalue weighted by atomic mass is 16.2. The SMILES string of the molecule is CCN1CCN(C(=O)C2CCC(C(=O)NCCN(C)C)CC2)CC1. The number of carbonyl (C=O) groups excluding carboxylic acids is 2. The van der Waals surface area contributed by atoms with Crippen molar-refractivity contribution >= 4 is 11.8 Å². The first-order valence-electron chi connectivity index (χ1n) is 9.44. The first-order valence-corrected chi connectivity index (χ1v) is 9.44. The van der Waals surface area contributed by atoms with Crippen LogP contribution in [0.5, 0.6) is 0 Å². The molecule has 0 atom stereocenters. The first kappa shape index (κ1) is 19.2. The Hall–Kier alpha value is -1.14. The van der Waals surface area contributed by atoms with Gasteiger partial charge >= 0.3 is 0 Å². The van der Waals surface area contributed by atoms with Gasteiger partial charge in [0.05, 0.1) is 0 Å². The van der Waals surface area contributed by atoms with E-state index in [-0.39, 0.29) is 17.7 Å². The first-order chi connectivity index (χ1) is 11.5. The number of nitrogens with one attached hydrogen (secondary N) is 1. The third-order valence-electron chi connectivity index (χ3n) is 5.44. The van der Waals surface area contributed by atoms with Crippen LogP contribution in [0.25, 0.3) is 0 Å². The van der Waals surface area contributed by atoms with Crippen molar-refractivity contribution in [1.29, 1.82) is 0 Å². The van der Waals surface area contributed by atoms with Crippen molar-refractivity contribution in [2.45, 2.75) is 32.6 Å². The van der Waals surface area contributed by atoms with E-state index in [2.05, 4.69) is 22.0 Å². The summed E-state index contributed by atoms with van der Waals surface area (Å²) >= 11 is 0. The van der Waals surface area contributed by atoms with E-state index in [0.29, 0.717) is 12.5 Å². The van der Waals surface area contributed by atoms with Crippen LogP contribution in [0.3, 0.4) is 0 Å². The smallest absolute Gasteiger partial charge is 0.225 e. The maximum Gasteiger partial charge on any atom is 0.225 e. The van der Waals surface area contributed by atoms with Gasteiger partial charge in [0.25, 0.3) is 0 Å². The number of rotatable bonds is 6. The van der Waals surface area contributed by atoms with Gasteiger partial charge in [-0.05, 0) is 46.3 Å². The summed E-state index contributed by atoms with van der Waals surface area (Å²) in [7, 11) is 4.01. The lowest BCUT2D eigenvalue weighted by atomic mass is 9.81. The summed E-state index contributed by atoms with van der Waals surface area (Å²) in [6.07, 6.45) is 3.41. The standard InChI is InChI=1S/C18H34N4O2/c1-4-21-11-13-22(14-12-21)18(24)16-7-5-15(6-8-16)17(23)19-9-10-20(2)3/h15-16H,4-14H2,1-3H3,(H,19,23). The molecule has 0 unspecified atom stereocenters. The normalized spacial score (nSPS) is 25.8. The number of nitrogens with zero attached hydrogens (tertiary/aromatic N) is 3. The summed E-state index contributed by atoms with van der Waals surface area (Å²) in [5, 5.41) is 3.02. The second-order valence-corrected chi connectivity index (χ2v) is 7.40. The molecule has 0 aromatic carbocycles. The van der Waals surface area contributed by atoms with E-state index >= 15 is 0 Å². The van der Waals surface area contributed by atoms with Gasteiger partial charge in [-0.1, -0.05) is 6.92 Å². The zero-order valence-corrected chi connectivity index (χ0v) is 15.6. The van der Waals surface area contributed by atoms with E-state index in [1.807, 2.05) is 19.0 Å². The Bertz CT molecular complexity index is 411. The minimum absolute atomic E-state index is 0.0909. The molecule has 6 nitrogen and oxygen atoms in total. The lowest BCUT2D eigenvalue weighted by molar-refractivity contribution is -0.140. The van der Waals surface area contributed by atoms with E-state index in [9.17, 15) is 9.59 Å². The molecule has 1 saturated heterocycles. The topological polar surface area (TPSA) is 55.9 Å². The Labute approximate surface area is 146 Å². The Balaban J connectivity index is 1.70. The molecule has 2 amide bonds. The average molecular weight is 338 g/mol. The van der Waals surface area contributed by atoms with Gasteiger partial charge in [0.2, 0.25) is 11.8 Å². The van der Waals surface area contributed by atoms with Gasteiger partial charge in [0.15, 0.2) is 0 Å². The zero-order valence-electron chi connectivity index (χ0n) is 15.6. The molecule has 6 heteroatoms. The fourth-order valence-electron chi connectivity index (χ4n) is 3.69. The Morgan fingerprint density at radius 2 is 1.58 bits per heavy atom. The largest absolute Gasteiger partial charge is 0.355 e. The van der Waals surface area contributed by atoms with E-state index < -0.39 is 0 Å². The molecule has 138 valence electrons. The van der Waals surface area contributed by atoms with Gasteiger partial charge in [0.1, 0.15) is 0 Å². The van der Waals surface area contributed by atoms with Crippen LogP contribution in [0.2, 0.25) is 0 Å². The van der Waals surface area contributed by atoms with Gasteiger partial charge in [-0.3, -0.25) is 9.59 Å². The lowest BCUT2D eigenvalue weighted by Crippen LogP contribution is -2.50. The summed E-state index contributed by atoms with van der Waals surface area (Å²) in [4.78, 5) is 31.4. The summed E-state index contributed by atoms with van der Waals surface area (Å²) in [6.45, 7) is 8.50. The van der Waals surface area contributed by atoms with Crippen LogP contribution in [0.4, 0.5) is 0 Å². The molecular weight excluding hydrogens is 304 g/mol. The summed E-state index contributed by atoms with van der Waals surface area (Å²) in [5.74, 6) is 0.702. The number of carbonyl (C=O) groups is 2. The number of piperazine rings is 1. The third kappa shape index (κ3) is 5.45. The number of likely N-dealkylation sites (N-methyl/N-ethyl adjacent to an activating group) is 2.